The highest BCUT2D eigenvalue weighted by atomic mass is 32.2. The molecule has 6 heteroatoms. The van der Waals surface area contributed by atoms with Gasteiger partial charge in [-0.25, -0.2) is 4.18 Å². The van der Waals surface area contributed by atoms with Crippen LogP contribution in [-0.2, 0) is 15.5 Å². The summed E-state index contributed by atoms with van der Waals surface area (Å²) in [5, 5.41) is 14.3. The maximum Gasteiger partial charge on any atom is 0.303 e. The van der Waals surface area contributed by atoms with Gasteiger partial charge in [-0.15, -0.1) is 0 Å². The molecule has 1 atom stereocenters. The van der Waals surface area contributed by atoms with E-state index in [9.17, 15) is 9.32 Å². The zero-order chi connectivity index (χ0) is 12.3. The van der Waals surface area contributed by atoms with Crippen LogP contribution in [0.1, 0.15) is 0 Å². The molecular weight excluding hydrogens is 242 g/mol. The van der Waals surface area contributed by atoms with E-state index in [0.29, 0.717) is 5.69 Å². The van der Waals surface area contributed by atoms with Gasteiger partial charge < -0.3 is 10.4 Å². The van der Waals surface area contributed by atoms with Gasteiger partial charge >= 0.3 is 11.4 Å². The van der Waals surface area contributed by atoms with Crippen molar-refractivity contribution in [1.29, 1.82) is 0 Å². The first-order valence-electron chi connectivity index (χ1n) is 4.87. The molecule has 0 saturated heterocycles. The van der Waals surface area contributed by atoms with Crippen LogP contribution in [0.5, 0.6) is 5.75 Å². The minimum Gasteiger partial charge on any atom is -0.506 e. The third kappa shape index (κ3) is 2.73. The molecule has 0 bridgehead atoms. The number of phenolic OH excluding ortho intramolecular Hbond substituents is 1. The Kier molecular flexibility index (Phi) is 3.58. The van der Waals surface area contributed by atoms with Gasteiger partial charge in [0.05, 0.1) is 5.69 Å². The molecule has 2 rings (SSSR count). The van der Waals surface area contributed by atoms with Crippen molar-refractivity contribution in [2.75, 3.05) is 12.0 Å². The number of anilines is 1. The molecule has 0 heterocycles. The van der Waals surface area contributed by atoms with E-state index in [2.05, 4.69) is 9.50 Å². The van der Waals surface area contributed by atoms with Crippen LogP contribution in [0, 0.1) is 0 Å². The Labute approximate surface area is 101 Å². The van der Waals surface area contributed by atoms with E-state index in [1.165, 1.54) is 0 Å². The molecule has 1 unspecified atom stereocenters. The zero-order valence-electron chi connectivity index (χ0n) is 8.79. The van der Waals surface area contributed by atoms with Crippen LogP contribution in [0.3, 0.4) is 0 Å². The Balaban J connectivity index is 2.31. The van der Waals surface area contributed by atoms with E-state index >= 15 is 0 Å². The summed E-state index contributed by atoms with van der Waals surface area (Å²) in [4.78, 5) is 0. The Morgan fingerprint density at radius 1 is 1.24 bits per heavy atom. The predicted octanol–water partition coefficient (Wildman–Crippen LogP) is 2.07. The Morgan fingerprint density at radius 3 is 2.76 bits per heavy atom. The highest BCUT2D eigenvalue weighted by molar-refractivity contribution is 7.74. The molecule has 2 aromatic carbocycles. The Hall–Kier alpha value is -1.63. The molecule has 0 amide bonds. The van der Waals surface area contributed by atoms with Crippen LogP contribution >= 0.6 is 0 Å². The lowest BCUT2D eigenvalue weighted by Gasteiger charge is -2.10. The highest BCUT2D eigenvalue weighted by Gasteiger charge is 2.06. The molecule has 90 valence electrons. The van der Waals surface area contributed by atoms with Crippen molar-refractivity contribution >= 4 is 27.8 Å². The molecule has 0 aliphatic rings. The van der Waals surface area contributed by atoms with Gasteiger partial charge in [-0.1, -0.05) is 30.3 Å². The van der Waals surface area contributed by atoms with E-state index < -0.39 is 11.4 Å². The monoisotopic (exact) mass is 253 g/mol. The van der Waals surface area contributed by atoms with Gasteiger partial charge in [0, 0.05) is 5.39 Å². The second-order valence-corrected chi connectivity index (χ2v) is 4.01. The minimum absolute atomic E-state index is 0.0658. The van der Waals surface area contributed by atoms with E-state index in [0.717, 1.165) is 10.8 Å². The van der Waals surface area contributed by atoms with Crippen molar-refractivity contribution in [3.8, 4) is 5.75 Å². The summed E-state index contributed by atoms with van der Waals surface area (Å²) in [6.07, 6.45) is 0. The normalized spacial score (nSPS) is 12.5. The fraction of sp³-hybridized carbons (Fsp3) is 0.0909. The van der Waals surface area contributed by atoms with E-state index in [-0.39, 0.29) is 12.5 Å². The second-order valence-electron chi connectivity index (χ2n) is 3.34. The maximum atomic E-state index is 10.3. The molecule has 5 nitrogen and oxygen atoms in total. The molecule has 0 saturated carbocycles. The lowest BCUT2D eigenvalue weighted by molar-refractivity contribution is 0.329. The quantitative estimate of drug-likeness (QED) is 0.441. The molecule has 3 N–H and O–H groups in total. The summed E-state index contributed by atoms with van der Waals surface area (Å²) in [6.45, 7) is -0.162. The van der Waals surface area contributed by atoms with Crippen molar-refractivity contribution in [2.24, 2.45) is 0 Å². The first kappa shape index (κ1) is 11.8. The fourth-order valence-electron chi connectivity index (χ4n) is 1.60. The van der Waals surface area contributed by atoms with Crippen molar-refractivity contribution in [2.45, 2.75) is 0 Å². The smallest absolute Gasteiger partial charge is 0.303 e. The van der Waals surface area contributed by atoms with Crippen molar-refractivity contribution in [1.82, 2.24) is 0 Å². The molecule has 0 fully saturated rings. The summed E-state index contributed by atoms with van der Waals surface area (Å²) in [7, 11) is 0. The summed E-state index contributed by atoms with van der Waals surface area (Å²) < 4.78 is 23.2. The number of rotatable bonds is 4. The number of phenols is 1. The molecule has 0 radical (unpaired) electrons. The zero-order valence-corrected chi connectivity index (χ0v) is 9.61. The first-order chi connectivity index (χ1) is 8.18. The SMILES string of the molecule is O=S(O)OCNc1c(O)ccc2ccccc12. The average molecular weight is 253 g/mol. The topological polar surface area (TPSA) is 78.8 Å². The number of hydrogen-bond donors (Lipinski definition) is 3. The van der Waals surface area contributed by atoms with Gasteiger partial charge in [0.15, 0.2) is 0 Å². The van der Waals surface area contributed by atoms with Gasteiger partial charge in [-0.05, 0) is 11.5 Å². The first-order valence-corrected chi connectivity index (χ1v) is 5.90. The molecule has 17 heavy (non-hydrogen) atoms. The number of aromatic hydroxyl groups is 1. The van der Waals surface area contributed by atoms with Gasteiger partial charge in [-0.2, -0.15) is 4.21 Å². The van der Waals surface area contributed by atoms with Gasteiger partial charge in [-0.3, -0.25) is 4.55 Å². The largest absolute Gasteiger partial charge is 0.506 e. The fourth-order valence-corrected chi connectivity index (χ4v) is 1.76. The summed E-state index contributed by atoms with van der Waals surface area (Å²) >= 11 is -2.32. The van der Waals surface area contributed by atoms with Crippen LogP contribution in [0.15, 0.2) is 36.4 Å². The number of fused-ring (bicyclic) bond motifs is 1. The molecular formula is C11H11NO4S. The summed E-state index contributed by atoms with van der Waals surface area (Å²) in [5.41, 5.74) is 0.480. The Bertz CT molecular complexity index is 558. The van der Waals surface area contributed by atoms with Gasteiger partial charge in [0.25, 0.3) is 0 Å². The molecule has 0 aliphatic heterocycles. The van der Waals surface area contributed by atoms with Crippen molar-refractivity contribution in [3.63, 3.8) is 0 Å². The van der Waals surface area contributed by atoms with Crippen LogP contribution in [0.4, 0.5) is 5.69 Å². The maximum absolute atomic E-state index is 10.3. The lowest BCUT2D eigenvalue weighted by Crippen LogP contribution is -2.07. The van der Waals surface area contributed by atoms with Crippen LogP contribution in [0.25, 0.3) is 10.8 Å². The standard InChI is InChI=1S/C11H11NO4S/c13-10-6-5-8-3-1-2-4-9(8)11(10)12-7-16-17(14)15/h1-6,12-13H,7H2,(H,14,15). The van der Waals surface area contributed by atoms with E-state index in [1.807, 2.05) is 24.3 Å². The third-order valence-corrected chi connectivity index (χ3v) is 2.64. The highest BCUT2D eigenvalue weighted by Crippen LogP contribution is 2.31. The van der Waals surface area contributed by atoms with Crippen LogP contribution in [-0.4, -0.2) is 20.6 Å². The van der Waals surface area contributed by atoms with E-state index in [1.54, 1.807) is 12.1 Å². The number of nitrogens with one attached hydrogen (secondary N) is 1. The molecule has 0 aromatic heterocycles. The molecule has 0 spiro atoms. The molecule has 2 aromatic rings. The number of hydrogen-bond acceptors (Lipinski definition) is 4. The van der Waals surface area contributed by atoms with Gasteiger partial charge in [0.1, 0.15) is 12.5 Å². The predicted molar refractivity (Wildman–Crippen MR) is 66.0 cm³/mol. The van der Waals surface area contributed by atoms with Gasteiger partial charge in [0.2, 0.25) is 0 Å². The minimum atomic E-state index is -2.32. The third-order valence-electron chi connectivity index (χ3n) is 2.32. The molecule has 0 aliphatic carbocycles. The lowest BCUT2D eigenvalue weighted by atomic mass is 10.1. The van der Waals surface area contributed by atoms with Crippen molar-refractivity contribution < 1.29 is 18.1 Å². The van der Waals surface area contributed by atoms with Crippen molar-refractivity contribution in [3.05, 3.63) is 36.4 Å². The second kappa shape index (κ2) is 5.13. The van der Waals surface area contributed by atoms with E-state index in [4.69, 9.17) is 4.55 Å². The number of benzene rings is 2. The Morgan fingerprint density at radius 2 is 2.00 bits per heavy atom. The van der Waals surface area contributed by atoms with Crippen LogP contribution < -0.4 is 5.32 Å². The summed E-state index contributed by atoms with van der Waals surface area (Å²) in [6, 6.07) is 10.8. The summed E-state index contributed by atoms with van der Waals surface area (Å²) in [5.74, 6) is 0.0658. The average Bonchev–Trinajstić information content (AvgIpc) is 2.32. The van der Waals surface area contributed by atoms with Crippen LogP contribution in [0.2, 0.25) is 0 Å².